The van der Waals surface area contributed by atoms with Crippen LogP contribution in [0.4, 0.5) is 0 Å². The van der Waals surface area contributed by atoms with Crippen molar-refractivity contribution in [3.05, 3.63) is 52.3 Å². The van der Waals surface area contributed by atoms with E-state index in [2.05, 4.69) is 34.4 Å². The van der Waals surface area contributed by atoms with E-state index in [1.807, 2.05) is 30.1 Å². The largest absolute Gasteiger partial charge is 0.314 e. The monoisotopic (exact) mass is 340 g/mol. The molecule has 0 aliphatic carbocycles. The Labute approximate surface area is 142 Å². The molecule has 1 unspecified atom stereocenters. The first-order valence-electron chi connectivity index (χ1n) is 7.33. The van der Waals surface area contributed by atoms with E-state index in [1.54, 1.807) is 0 Å². The molecule has 1 aromatic carbocycles. The van der Waals surface area contributed by atoms with Crippen molar-refractivity contribution in [3.63, 3.8) is 0 Å². The highest BCUT2D eigenvalue weighted by molar-refractivity contribution is 6.31. The van der Waals surface area contributed by atoms with Gasteiger partial charge in [-0.25, -0.2) is 0 Å². The van der Waals surface area contributed by atoms with Crippen LogP contribution in [0.25, 0.3) is 0 Å². The van der Waals surface area contributed by atoms with Crippen molar-refractivity contribution >= 4 is 24.0 Å². The van der Waals surface area contributed by atoms with E-state index < -0.39 is 0 Å². The second-order valence-corrected chi connectivity index (χ2v) is 6.00. The van der Waals surface area contributed by atoms with Gasteiger partial charge in [-0.1, -0.05) is 29.8 Å². The molecule has 2 aromatic rings. The number of nitrogens with zero attached hydrogens (tertiary/aromatic N) is 3. The minimum atomic E-state index is 0. The van der Waals surface area contributed by atoms with Crippen LogP contribution >= 0.6 is 24.0 Å². The van der Waals surface area contributed by atoms with Crippen LogP contribution in [0.1, 0.15) is 22.9 Å². The maximum absolute atomic E-state index is 6.39. The lowest BCUT2D eigenvalue weighted by Gasteiger charge is -2.36. The number of piperazine rings is 1. The molecule has 120 valence electrons. The topological polar surface area (TPSA) is 33.1 Å². The number of hydrogen-bond donors (Lipinski definition) is 1. The Hall–Kier alpha value is -1.07. The maximum Gasteiger partial charge on any atom is 0.0537 e. The fraction of sp³-hybridized carbons (Fsp3) is 0.438. The molecule has 22 heavy (non-hydrogen) atoms. The molecule has 2 heterocycles. The SMILES string of the molecule is Cc1c(CN2CCNCC2c2ccccc2Cl)cnn1C.Cl. The summed E-state index contributed by atoms with van der Waals surface area (Å²) < 4.78 is 1.93. The van der Waals surface area contributed by atoms with Crippen molar-refractivity contribution in [1.82, 2.24) is 20.0 Å². The van der Waals surface area contributed by atoms with Crippen LogP contribution in [-0.2, 0) is 13.6 Å². The molecule has 0 radical (unpaired) electrons. The molecular weight excluding hydrogens is 319 g/mol. The van der Waals surface area contributed by atoms with Gasteiger partial charge in [-0.2, -0.15) is 5.10 Å². The molecule has 0 saturated carbocycles. The summed E-state index contributed by atoms with van der Waals surface area (Å²) >= 11 is 6.39. The minimum absolute atomic E-state index is 0. The fourth-order valence-corrected chi connectivity index (χ4v) is 3.17. The normalized spacial score (nSPS) is 19.0. The first-order valence-corrected chi connectivity index (χ1v) is 7.71. The van der Waals surface area contributed by atoms with E-state index in [1.165, 1.54) is 16.8 Å². The second-order valence-electron chi connectivity index (χ2n) is 5.59. The Morgan fingerprint density at radius 2 is 2.14 bits per heavy atom. The van der Waals surface area contributed by atoms with Gasteiger partial charge < -0.3 is 5.32 Å². The van der Waals surface area contributed by atoms with Gasteiger partial charge in [-0.15, -0.1) is 12.4 Å². The van der Waals surface area contributed by atoms with Crippen molar-refractivity contribution in [2.24, 2.45) is 7.05 Å². The zero-order valence-electron chi connectivity index (χ0n) is 12.9. The summed E-state index contributed by atoms with van der Waals surface area (Å²) in [5, 5.41) is 8.67. The summed E-state index contributed by atoms with van der Waals surface area (Å²) in [5.41, 5.74) is 3.72. The highest BCUT2D eigenvalue weighted by atomic mass is 35.5. The predicted molar refractivity (Wildman–Crippen MR) is 92.7 cm³/mol. The molecular formula is C16H22Cl2N4. The van der Waals surface area contributed by atoms with E-state index >= 15 is 0 Å². The van der Waals surface area contributed by atoms with E-state index in [9.17, 15) is 0 Å². The Kier molecular flexibility index (Phi) is 5.87. The van der Waals surface area contributed by atoms with E-state index in [0.717, 1.165) is 31.2 Å². The summed E-state index contributed by atoms with van der Waals surface area (Å²) in [6, 6.07) is 8.45. The Balaban J connectivity index is 0.00000176. The quantitative estimate of drug-likeness (QED) is 0.932. The van der Waals surface area contributed by atoms with Crippen LogP contribution in [0.5, 0.6) is 0 Å². The third kappa shape index (κ3) is 3.46. The molecule has 1 aromatic heterocycles. The van der Waals surface area contributed by atoms with Crippen molar-refractivity contribution in [3.8, 4) is 0 Å². The van der Waals surface area contributed by atoms with Crippen molar-refractivity contribution in [1.29, 1.82) is 0 Å². The van der Waals surface area contributed by atoms with Gasteiger partial charge in [0.25, 0.3) is 0 Å². The van der Waals surface area contributed by atoms with E-state index in [0.29, 0.717) is 6.04 Å². The van der Waals surface area contributed by atoms with Gasteiger partial charge in [0.05, 0.1) is 6.20 Å². The third-order valence-electron chi connectivity index (χ3n) is 4.33. The number of aromatic nitrogens is 2. The van der Waals surface area contributed by atoms with Crippen molar-refractivity contribution < 1.29 is 0 Å². The van der Waals surface area contributed by atoms with Crippen LogP contribution in [-0.4, -0.2) is 34.3 Å². The lowest BCUT2D eigenvalue weighted by atomic mass is 10.0. The van der Waals surface area contributed by atoms with Crippen molar-refractivity contribution in [2.75, 3.05) is 19.6 Å². The molecule has 1 atom stereocenters. The number of halogens is 2. The average molecular weight is 341 g/mol. The molecule has 0 bridgehead atoms. The molecule has 4 nitrogen and oxygen atoms in total. The van der Waals surface area contributed by atoms with Crippen LogP contribution in [0.2, 0.25) is 5.02 Å². The molecule has 1 saturated heterocycles. The number of aryl methyl sites for hydroxylation is 1. The average Bonchev–Trinajstić information content (AvgIpc) is 2.81. The third-order valence-corrected chi connectivity index (χ3v) is 4.67. The second kappa shape index (κ2) is 7.47. The molecule has 1 N–H and O–H groups in total. The Bertz CT molecular complexity index is 626. The summed E-state index contributed by atoms with van der Waals surface area (Å²) in [6.45, 7) is 6.00. The zero-order chi connectivity index (χ0) is 14.8. The smallest absolute Gasteiger partial charge is 0.0537 e. The predicted octanol–water partition coefficient (Wildman–Crippen LogP) is 2.95. The standard InChI is InChI=1S/C16H21ClN4.ClH/c1-12-13(9-19-20(12)2)11-21-8-7-18-10-16(21)14-5-3-4-6-15(14)17;/h3-6,9,16,18H,7-8,10-11H2,1-2H3;1H. The first kappa shape index (κ1) is 17.3. The van der Waals surface area contributed by atoms with Crippen LogP contribution in [0.15, 0.2) is 30.5 Å². The molecule has 3 rings (SSSR count). The van der Waals surface area contributed by atoms with Crippen molar-refractivity contribution in [2.45, 2.75) is 19.5 Å². The first-order chi connectivity index (χ1) is 10.2. The van der Waals surface area contributed by atoms with Gasteiger partial charge in [0.1, 0.15) is 0 Å². The summed E-state index contributed by atoms with van der Waals surface area (Å²) in [6.07, 6.45) is 1.97. The van der Waals surface area contributed by atoms with Gasteiger partial charge in [0.2, 0.25) is 0 Å². The lowest BCUT2D eigenvalue weighted by Crippen LogP contribution is -2.45. The molecule has 1 aliphatic rings. The zero-order valence-corrected chi connectivity index (χ0v) is 14.5. The molecule has 0 spiro atoms. The summed E-state index contributed by atoms with van der Waals surface area (Å²) in [4.78, 5) is 2.49. The fourth-order valence-electron chi connectivity index (χ4n) is 2.91. The molecule has 6 heteroatoms. The minimum Gasteiger partial charge on any atom is -0.314 e. The molecule has 1 aliphatic heterocycles. The van der Waals surface area contributed by atoms with Crippen LogP contribution < -0.4 is 5.32 Å². The summed E-state index contributed by atoms with van der Waals surface area (Å²) in [7, 11) is 1.99. The summed E-state index contributed by atoms with van der Waals surface area (Å²) in [5.74, 6) is 0. The van der Waals surface area contributed by atoms with E-state index in [4.69, 9.17) is 11.6 Å². The van der Waals surface area contributed by atoms with E-state index in [-0.39, 0.29) is 12.4 Å². The van der Waals surface area contributed by atoms with Crippen LogP contribution in [0.3, 0.4) is 0 Å². The van der Waals surface area contributed by atoms with Crippen LogP contribution in [0, 0.1) is 6.92 Å². The van der Waals surface area contributed by atoms with Gasteiger partial charge in [0, 0.05) is 55.5 Å². The number of hydrogen-bond acceptors (Lipinski definition) is 3. The Morgan fingerprint density at radius 3 is 2.82 bits per heavy atom. The molecule has 0 amide bonds. The van der Waals surface area contributed by atoms with Gasteiger partial charge in [-0.3, -0.25) is 9.58 Å². The van der Waals surface area contributed by atoms with Gasteiger partial charge >= 0.3 is 0 Å². The Morgan fingerprint density at radius 1 is 1.36 bits per heavy atom. The highest BCUT2D eigenvalue weighted by Gasteiger charge is 2.26. The maximum atomic E-state index is 6.39. The number of benzene rings is 1. The lowest BCUT2D eigenvalue weighted by molar-refractivity contribution is 0.153. The highest BCUT2D eigenvalue weighted by Crippen LogP contribution is 2.29. The number of nitrogens with one attached hydrogen (secondary N) is 1. The van der Waals surface area contributed by atoms with Gasteiger partial charge in [-0.05, 0) is 18.6 Å². The number of rotatable bonds is 3. The molecule has 1 fully saturated rings. The van der Waals surface area contributed by atoms with Gasteiger partial charge in [0.15, 0.2) is 0 Å².